The van der Waals surface area contributed by atoms with Gasteiger partial charge in [0, 0.05) is 28.2 Å². The highest BCUT2D eigenvalue weighted by molar-refractivity contribution is 5.57. The zero-order chi connectivity index (χ0) is 34.0. The van der Waals surface area contributed by atoms with Gasteiger partial charge in [0.1, 0.15) is 0 Å². The van der Waals surface area contributed by atoms with Crippen molar-refractivity contribution in [2.24, 2.45) is 57.3 Å². The number of allylic oxidation sites excluding steroid dienone is 5. The van der Waals surface area contributed by atoms with Crippen molar-refractivity contribution in [3.05, 3.63) is 83.8 Å². The molecular formula is C41H64N4O. The van der Waals surface area contributed by atoms with Gasteiger partial charge in [-0.3, -0.25) is 0 Å². The van der Waals surface area contributed by atoms with Crippen LogP contribution in [0, 0.1) is 45.8 Å². The van der Waals surface area contributed by atoms with Crippen molar-refractivity contribution in [2.45, 2.75) is 112 Å². The lowest BCUT2D eigenvalue weighted by Gasteiger charge is -2.62. The van der Waals surface area contributed by atoms with E-state index in [2.05, 4.69) is 72.9 Å². The Balaban J connectivity index is 0.000000533. The predicted octanol–water partition coefficient (Wildman–Crippen LogP) is 8.82. The van der Waals surface area contributed by atoms with E-state index in [1.807, 2.05) is 12.1 Å². The molecule has 5 rings (SSSR count). The average Bonchev–Trinajstić information content (AvgIpc) is 3.34. The molecule has 5 heteroatoms. The van der Waals surface area contributed by atoms with E-state index in [4.69, 9.17) is 22.9 Å². The molecule has 4 aliphatic rings. The minimum Gasteiger partial charge on any atom is -0.399 e. The fraction of sp³-hybridized carbons (Fsp3) is 0.610. The molecule has 0 aliphatic heterocycles. The summed E-state index contributed by atoms with van der Waals surface area (Å²) in [5.41, 5.74) is 29.8. The van der Waals surface area contributed by atoms with Crippen LogP contribution < -0.4 is 22.9 Å². The van der Waals surface area contributed by atoms with Gasteiger partial charge in [-0.25, -0.2) is 0 Å². The quantitative estimate of drug-likeness (QED) is 0.112. The van der Waals surface area contributed by atoms with E-state index in [-0.39, 0.29) is 16.9 Å². The van der Waals surface area contributed by atoms with Crippen molar-refractivity contribution in [3.8, 4) is 0 Å². The molecule has 1 aromatic rings. The van der Waals surface area contributed by atoms with Gasteiger partial charge in [-0.15, -0.1) is 0 Å². The number of hydrogen-bond donors (Lipinski definition) is 5. The molecule has 254 valence electrons. The highest BCUT2D eigenvalue weighted by Crippen LogP contribution is 2.69. The van der Waals surface area contributed by atoms with Crippen LogP contribution in [0.4, 0.5) is 11.4 Å². The Bertz CT molecular complexity index is 1370. The first kappa shape index (κ1) is 35.9. The first-order valence-electron chi connectivity index (χ1n) is 17.8. The number of anilines is 2. The van der Waals surface area contributed by atoms with E-state index in [1.54, 1.807) is 6.08 Å². The van der Waals surface area contributed by atoms with E-state index < -0.39 is 0 Å². The lowest BCUT2D eigenvalue weighted by atomic mass is 9.43. The summed E-state index contributed by atoms with van der Waals surface area (Å²) < 4.78 is 0. The van der Waals surface area contributed by atoms with Crippen molar-refractivity contribution in [1.29, 1.82) is 0 Å². The third-order valence-corrected chi connectivity index (χ3v) is 13.0. The number of benzene rings is 1. The smallest absolute Gasteiger partial charge is 0.0634 e. The van der Waals surface area contributed by atoms with Gasteiger partial charge in [0.15, 0.2) is 0 Å². The van der Waals surface area contributed by atoms with Gasteiger partial charge >= 0.3 is 0 Å². The number of aliphatic hydroxyl groups excluding tert-OH is 1. The standard InChI is InChI=1S/C35H54N2O.C6H10N2/c1-22(2)8-7-9-23(3)27-13-14-28-26-12-15-31-34(5,29(26)16-18-33(27,28)4)19-17-32(38)35(31,6)21-24-10-11-25(36)20-30(24)37;1-3-6(8)4-5(2)7/h8,10-11,15,20,23,26-29,32,38H,7,9,12-14,16-19,21,36-37H2,1-6H3;3-4H,1-2,7-8H2/b;6-4+. The zero-order valence-corrected chi connectivity index (χ0v) is 29.7. The van der Waals surface area contributed by atoms with E-state index >= 15 is 0 Å². The first-order valence-corrected chi connectivity index (χ1v) is 17.8. The van der Waals surface area contributed by atoms with Crippen LogP contribution in [0.5, 0.6) is 0 Å². The Morgan fingerprint density at radius 2 is 1.76 bits per heavy atom. The number of nitrogen functional groups attached to an aromatic ring is 2. The number of nitrogens with two attached hydrogens (primary N) is 4. The van der Waals surface area contributed by atoms with Gasteiger partial charge in [-0.05, 0) is 148 Å². The summed E-state index contributed by atoms with van der Waals surface area (Å²) >= 11 is 0. The summed E-state index contributed by atoms with van der Waals surface area (Å²) in [5, 5.41) is 11.5. The molecule has 9 unspecified atom stereocenters. The first-order chi connectivity index (χ1) is 21.6. The van der Waals surface area contributed by atoms with Crippen LogP contribution in [0.2, 0.25) is 0 Å². The molecule has 4 aliphatic carbocycles. The van der Waals surface area contributed by atoms with E-state index in [1.165, 1.54) is 62.2 Å². The predicted molar refractivity (Wildman–Crippen MR) is 197 cm³/mol. The third kappa shape index (κ3) is 7.00. The van der Waals surface area contributed by atoms with E-state index in [9.17, 15) is 5.11 Å². The number of hydrogen-bond acceptors (Lipinski definition) is 5. The number of rotatable bonds is 8. The van der Waals surface area contributed by atoms with Crippen LogP contribution in [-0.4, -0.2) is 11.2 Å². The van der Waals surface area contributed by atoms with Crippen molar-refractivity contribution < 1.29 is 5.11 Å². The summed E-state index contributed by atoms with van der Waals surface area (Å²) in [6, 6.07) is 5.90. The van der Waals surface area contributed by atoms with E-state index in [0.717, 1.165) is 60.1 Å². The van der Waals surface area contributed by atoms with Crippen LogP contribution in [-0.2, 0) is 6.42 Å². The van der Waals surface area contributed by atoms with Crippen molar-refractivity contribution >= 4 is 11.4 Å². The second-order valence-corrected chi connectivity index (χ2v) is 16.2. The number of fused-ring (bicyclic) bond motifs is 5. The molecule has 0 spiro atoms. The molecule has 0 radical (unpaired) electrons. The van der Waals surface area contributed by atoms with Crippen LogP contribution in [0.15, 0.2) is 78.2 Å². The van der Waals surface area contributed by atoms with Gasteiger partial charge < -0.3 is 28.0 Å². The van der Waals surface area contributed by atoms with Crippen LogP contribution >= 0.6 is 0 Å². The minimum absolute atomic E-state index is 0.175. The maximum absolute atomic E-state index is 11.5. The molecule has 3 saturated carbocycles. The Labute approximate surface area is 280 Å². The Kier molecular flexibility index (Phi) is 11.0. The molecule has 46 heavy (non-hydrogen) atoms. The molecule has 5 nitrogen and oxygen atoms in total. The minimum atomic E-state index is -0.332. The third-order valence-electron chi connectivity index (χ3n) is 13.0. The van der Waals surface area contributed by atoms with Crippen molar-refractivity contribution in [1.82, 2.24) is 0 Å². The van der Waals surface area contributed by atoms with Gasteiger partial charge in [-0.2, -0.15) is 0 Å². The van der Waals surface area contributed by atoms with Crippen molar-refractivity contribution in [3.63, 3.8) is 0 Å². The monoisotopic (exact) mass is 629 g/mol. The van der Waals surface area contributed by atoms with Crippen molar-refractivity contribution in [2.75, 3.05) is 11.5 Å². The Hall–Kier alpha value is -2.92. The highest BCUT2D eigenvalue weighted by Gasteiger charge is 2.61. The second kappa shape index (κ2) is 14.1. The molecule has 0 saturated heterocycles. The maximum atomic E-state index is 11.5. The normalized spacial score (nSPS) is 35.7. The summed E-state index contributed by atoms with van der Waals surface area (Å²) in [6.07, 6.45) is 19.9. The Morgan fingerprint density at radius 1 is 1.04 bits per heavy atom. The van der Waals surface area contributed by atoms with Crippen LogP contribution in [0.25, 0.3) is 0 Å². The van der Waals surface area contributed by atoms with E-state index in [0.29, 0.717) is 22.5 Å². The molecule has 1 aromatic carbocycles. The molecule has 0 bridgehead atoms. The average molecular weight is 629 g/mol. The molecule has 3 fully saturated rings. The molecule has 0 amide bonds. The molecule has 9 atom stereocenters. The second-order valence-electron chi connectivity index (χ2n) is 16.2. The summed E-state index contributed by atoms with van der Waals surface area (Å²) in [7, 11) is 0. The highest BCUT2D eigenvalue weighted by atomic mass is 16.3. The fourth-order valence-corrected chi connectivity index (χ4v) is 10.7. The number of aliphatic hydroxyl groups is 1. The zero-order valence-electron chi connectivity index (χ0n) is 29.7. The van der Waals surface area contributed by atoms with Crippen LogP contribution in [0.1, 0.15) is 105 Å². The molecular weight excluding hydrogens is 564 g/mol. The maximum Gasteiger partial charge on any atom is 0.0634 e. The van der Waals surface area contributed by atoms with Gasteiger partial charge in [0.2, 0.25) is 0 Å². The largest absolute Gasteiger partial charge is 0.399 e. The SMILES string of the molecule is C=C/C(N)=C\C(=C)N.CC(C)=CCCC(C)C1CCC2C3CC=C4C(C)(Cc5ccc(N)cc5N)C(O)CCC4(C)C3CCC12C. The molecule has 0 aromatic heterocycles. The summed E-state index contributed by atoms with van der Waals surface area (Å²) in [6.45, 7) is 21.4. The summed E-state index contributed by atoms with van der Waals surface area (Å²) in [4.78, 5) is 0. The van der Waals surface area contributed by atoms with Gasteiger partial charge in [0.05, 0.1) is 6.10 Å². The Morgan fingerprint density at radius 3 is 2.37 bits per heavy atom. The molecule has 0 heterocycles. The lowest BCUT2D eigenvalue weighted by Crippen LogP contribution is -2.55. The van der Waals surface area contributed by atoms with Gasteiger partial charge in [-0.1, -0.05) is 70.2 Å². The fourth-order valence-electron chi connectivity index (χ4n) is 10.7. The summed E-state index contributed by atoms with van der Waals surface area (Å²) in [5.74, 6) is 4.04. The topological polar surface area (TPSA) is 124 Å². The lowest BCUT2D eigenvalue weighted by molar-refractivity contribution is -0.0813. The molecule has 9 N–H and O–H groups in total. The van der Waals surface area contributed by atoms with Crippen LogP contribution in [0.3, 0.4) is 0 Å². The van der Waals surface area contributed by atoms with Gasteiger partial charge in [0.25, 0.3) is 0 Å².